The molecule has 3 aromatic rings. The zero-order valence-corrected chi connectivity index (χ0v) is 19.9. The first-order valence-electron chi connectivity index (χ1n) is 10.4. The minimum absolute atomic E-state index is 0.155. The van der Waals surface area contributed by atoms with Crippen molar-refractivity contribution >= 4 is 33.4 Å². The molecule has 3 aromatic carbocycles. The van der Waals surface area contributed by atoms with Crippen LogP contribution in [0.3, 0.4) is 0 Å². The fourth-order valence-electron chi connectivity index (χ4n) is 3.89. The Morgan fingerprint density at radius 1 is 1.06 bits per heavy atom. The van der Waals surface area contributed by atoms with E-state index >= 15 is 0 Å². The summed E-state index contributed by atoms with van der Waals surface area (Å²) in [6.45, 7) is 1.67. The number of likely N-dealkylation sites (N-methyl/N-ethyl adjacent to an activating group) is 1. The number of aryl methyl sites for hydroxylation is 1. The van der Waals surface area contributed by atoms with Gasteiger partial charge >= 0.3 is 0 Å². The van der Waals surface area contributed by atoms with Gasteiger partial charge < -0.3 is 5.32 Å². The van der Waals surface area contributed by atoms with Crippen LogP contribution in [0.5, 0.6) is 0 Å². The third kappa shape index (κ3) is 4.97. The molecule has 0 spiro atoms. The van der Waals surface area contributed by atoms with Gasteiger partial charge in [-0.1, -0.05) is 35.9 Å². The van der Waals surface area contributed by atoms with Crippen molar-refractivity contribution in [2.24, 2.45) is 0 Å². The van der Waals surface area contributed by atoms with Crippen LogP contribution in [0.15, 0.2) is 60.7 Å². The Hall–Kier alpha value is -2.85. The van der Waals surface area contributed by atoms with E-state index in [0.717, 1.165) is 21.5 Å². The number of hydrogen-bond donors (Lipinski definition) is 2. The van der Waals surface area contributed by atoms with Crippen LogP contribution in [0.2, 0.25) is 5.02 Å². The smallest absolute Gasteiger partial charge is 0.280 e. The number of carbonyl (C=O) groups is 1. The van der Waals surface area contributed by atoms with E-state index in [1.807, 2.05) is 12.1 Å². The topological polar surface area (TPSA) is 78.5 Å². The van der Waals surface area contributed by atoms with Crippen molar-refractivity contribution in [2.45, 2.75) is 25.4 Å². The van der Waals surface area contributed by atoms with Gasteiger partial charge in [0.25, 0.3) is 10.2 Å². The van der Waals surface area contributed by atoms with E-state index in [0.29, 0.717) is 11.1 Å². The summed E-state index contributed by atoms with van der Waals surface area (Å²) in [7, 11) is -2.65. The summed E-state index contributed by atoms with van der Waals surface area (Å²) in [5.41, 5.74) is 3.00. The molecule has 1 saturated heterocycles. The highest BCUT2D eigenvalue weighted by Gasteiger charge is 2.40. The van der Waals surface area contributed by atoms with Crippen molar-refractivity contribution in [1.29, 1.82) is 0 Å². The van der Waals surface area contributed by atoms with Crippen LogP contribution in [-0.4, -0.2) is 31.7 Å². The zero-order chi connectivity index (χ0) is 24.6. The maximum absolute atomic E-state index is 13.7. The van der Waals surface area contributed by atoms with E-state index < -0.39 is 34.0 Å². The molecular formula is C24H22ClF2N3O3S. The number of amides is 1. The van der Waals surface area contributed by atoms with Crippen LogP contribution in [0, 0.1) is 18.6 Å². The number of nitrogens with zero attached hydrogens (tertiary/aromatic N) is 1. The third-order valence-corrected chi connectivity index (χ3v) is 7.72. The van der Waals surface area contributed by atoms with Gasteiger partial charge in [-0.2, -0.15) is 17.4 Å². The summed E-state index contributed by atoms with van der Waals surface area (Å²) in [6, 6.07) is 14.0. The van der Waals surface area contributed by atoms with E-state index in [2.05, 4.69) is 10.0 Å². The van der Waals surface area contributed by atoms with Crippen LogP contribution in [0.25, 0.3) is 11.1 Å². The lowest BCUT2D eigenvalue weighted by Crippen LogP contribution is -2.55. The van der Waals surface area contributed by atoms with Crippen LogP contribution in [-0.2, 0) is 15.0 Å². The maximum Gasteiger partial charge on any atom is 0.280 e. The molecule has 178 valence electrons. The molecule has 1 aliphatic heterocycles. The molecule has 10 heteroatoms. The molecule has 2 N–H and O–H groups in total. The molecule has 1 fully saturated rings. The van der Waals surface area contributed by atoms with E-state index in [-0.39, 0.29) is 22.9 Å². The highest BCUT2D eigenvalue weighted by molar-refractivity contribution is 7.87. The first kappa shape index (κ1) is 24.3. The highest BCUT2D eigenvalue weighted by atomic mass is 35.5. The van der Waals surface area contributed by atoms with Crippen molar-refractivity contribution in [1.82, 2.24) is 9.03 Å². The van der Waals surface area contributed by atoms with Crippen LogP contribution >= 0.6 is 11.6 Å². The molecule has 1 aliphatic rings. The summed E-state index contributed by atoms with van der Waals surface area (Å²) in [6.07, 6.45) is 0.155. The number of halogens is 3. The predicted molar refractivity (Wildman–Crippen MR) is 128 cm³/mol. The second kappa shape index (κ2) is 9.42. The molecule has 0 saturated carbocycles. The van der Waals surface area contributed by atoms with Gasteiger partial charge in [0, 0.05) is 18.8 Å². The average Bonchev–Trinajstić information content (AvgIpc) is 2.79. The van der Waals surface area contributed by atoms with Gasteiger partial charge in [-0.3, -0.25) is 4.79 Å². The molecule has 0 bridgehead atoms. The van der Waals surface area contributed by atoms with Crippen molar-refractivity contribution in [3.63, 3.8) is 0 Å². The standard InChI is InChI=1S/C24H22ClF2N3O3S/c1-14-10-16(6-8-20(14)26)15-4-3-5-17(11-15)22-13-23(30(2)34(32,33)29-22)24(31)28-18-7-9-21(27)19(25)12-18/h3-12,22-23,29H,13H2,1-2H3,(H,28,31)/t22-,23+/m1/s1. The monoisotopic (exact) mass is 505 g/mol. The van der Waals surface area contributed by atoms with Gasteiger partial charge in [0.15, 0.2) is 0 Å². The summed E-state index contributed by atoms with van der Waals surface area (Å²) < 4.78 is 56.3. The van der Waals surface area contributed by atoms with Gasteiger partial charge in [0.05, 0.1) is 5.02 Å². The van der Waals surface area contributed by atoms with Crippen molar-refractivity contribution < 1.29 is 22.0 Å². The van der Waals surface area contributed by atoms with Crippen molar-refractivity contribution in [3.05, 3.63) is 88.4 Å². The molecular weight excluding hydrogens is 484 g/mol. The molecule has 34 heavy (non-hydrogen) atoms. The van der Waals surface area contributed by atoms with Crippen molar-refractivity contribution in [2.75, 3.05) is 12.4 Å². The molecule has 6 nitrogen and oxygen atoms in total. The first-order valence-corrected chi connectivity index (χ1v) is 12.2. The summed E-state index contributed by atoms with van der Waals surface area (Å²) in [4.78, 5) is 13.0. The Balaban J connectivity index is 1.61. The fourth-order valence-corrected chi connectivity index (χ4v) is 5.34. The molecule has 2 atom stereocenters. The normalized spacial score (nSPS) is 20.1. The Kier molecular flexibility index (Phi) is 6.73. The number of hydrogen-bond acceptors (Lipinski definition) is 3. The van der Waals surface area contributed by atoms with Crippen LogP contribution in [0.4, 0.5) is 14.5 Å². The number of carbonyl (C=O) groups excluding carboxylic acids is 1. The van der Waals surface area contributed by atoms with E-state index in [1.165, 1.54) is 25.2 Å². The molecule has 0 aromatic heterocycles. The highest BCUT2D eigenvalue weighted by Crippen LogP contribution is 2.31. The minimum Gasteiger partial charge on any atom is -0.325 e. The van der Waals surface area contributed by atoms with E-state index in [4.69, 9.17) is 11.6 Å². The second-order valence-electron chi connectivity index (χ2n) is 8.15. The van der Waals surface area contributed by atoms with Gasteiger partial charge in [0.1, 0.15) is 17.7 Å². The van der Waals surface area contributed by atoms with Gasteiger partial charge in [-0.15, -0.1) is 0 Å². The average molecular weight is 506 g/mol. The van der Waals surface area contributed by atoms with E-state index in [9.17, 15) is 22.0 Å². The van der Waals surface area contributed by atoms with Gasteiger partial charge in [-0.25, -0.2) is 8.78 Å². The number of benzene rings is 3. The number of nitrogens with one attached hydrogen (secondary N) is 2. The Bertz CT molecular complexity index is 1370. The molecule has 0 radical (unpaired) electrons. The van der Waals surface area contributed by atoms with E-state index in [1.54, 1.807) is 31.2 Å². The summed E-state index contributed by atoms with van der Waals surface area (Å²) in [5.74, 6) is -1.50. The lowest BCUT2D eigenvalue weighted by atomic mass is 9.95. The SMILES string of the molecule is Cc1cc(-c2cccc([C@H]3C[C@@H](C(=O)Nc4ccc(F)c(Cl)c4)N(C)S(=O)(=O)N3)c2)ccc1F. The molecule has 1 amide bonds. The largest absolute Gasteiger partial charge is 0.325 e. The van der Waals surface area contributed by atoms with Gasteiger partial charge in [-0.05, 0) is 72.0 Å². The lowest BCUT2D eigenvalue weighted by molar-refractivity contribution is -0.120. The summed E-state index contributed by atoms with van der Waals surface area (Å²) in [5, 5.41) is 2.45. The third-order valence-electron chi connectivity index (χ3n) is 5.84. The first-order chi connectivity index (χ1) is 16.0. The minimum atomic E-state index is -3.96. The number of anilines is 1. The Morgan fingerprint density at radius 3 is 2.47 bits per heavy atom. The quantitative estimate of drug-likeness (QED) is 0.534. The van der Waals surface area contributed by atoms with Crippen molar-refractivity contribution in [3.8, 4) is 11.1 Å². The van der Waals surface area contributed by atoms with Crippen LogP contribution < -0.4 is 10.0 Å². The second-order valence-corrected chi connectivity index (χ2v) is 10.3. The zero-order valence-electron chi connectivity index (χ0n) is 18.3. The fraction of sp³-hybridized carbons (Fsp3) is 0.208. The molecule has 1 heterocycles. The molecule has 0 unspecified atom stereocenters. The summed E-state index contributed by atoms with van der Waals surface area (Å²) >= 11 is 5.78. The lowest BCUT2D eigenvalue weighted by Gasteiger charge is -2.36. The molecule has 0 aliphatic carbocycles. The Labute approximate surface area is 201 Å². The van der Waals surface area contributed by atoms with Crippen LogP contribution in [0.1, 0.15) is 23.6 Å². The Morgan fingerprint density at radius 2 is 1.76 bits per heavy atom. The molecule has 4 rings (SSSR count). The number of rotatable bonds is 4. The predicted octanol–water partition coefficient (Wildman–Crippen LogP) is 4.81. The van der Waals surface area contributed by atoms with Gasteiger partial charge in [0.2, 0.25) is 5.91 Å². The maximum atomic E-state index is 13.7.